The van der Waals surface area contributed by atoms with Crippen molar-refractivity contribution in [2.24, 2.45) is 0 Å². The van der Waals surface area contributed by atoms with Crippen LogP contribution in [0.15, 0.2) is 30.3 Å². The highest BCUT2D eigenvalue weighted by atomic mass is 35.5. The molecule has 1 N–H and O–H groups in total. The Morgan fingerprint density at radius 2 is 1.69 bits per heavy atom. The van der Waals surface area contributed by atoms with E-state index in [0.717, 1.165) is 94.6 Å². The van der Waals surface area contributed by atoms with Crippen LogP contribution in [0.1, 0.15) is 67.4 Å². The molecule has 6 rings (SSSR count). The van der Waals surface area contributed by atoms with E-state index in [1.807, 2.05) is 17.0 Å². The second kappa shape index (κ2) is 11.7. The second-order valence-corrected chi connectivity index (χ2v) is 11.5. The van der Waals surface area contributed by atoms with E-state index in [1.165, 1.54) is 0 Å². The number of pyridine rings is 1. The zero-order valence-electron chi connectivity index (χ0n) is 22.3. The fourth-order valence-electron chi connectivity index (χ4n) is 6.41. The fraction of sp³-hybridized carbons (Fsp3) is 0.567. The maximum atomic E-state index is 13.3. The number of amides is 1. The van der Waals surface area contributed by atoms with Crippen molar-refractivity contribution in [2.45, 2.75) is 82.3 Å². The smallest absolute Gasteiger partial charge is 0.256 e. The summed E-state index contributed by atoms with van der Waals surface area (Å²) in [6, 6.07) is 9.41. The summed E-state index contributed by atoms with van der Waals surface area (Å²) in [5.41, 5.74) is 2.08. The van der Waals surface area contributed by atoms with E-state index >= 15 is 0 Å². The Bertz CT molecular complexity index is 1230. The number of anilines is 1. The molecule has 0 unspecified atom stereocenters. The van der Waals surface area contributed by atoms with Crippen molar-refractivity contribution >= 4 is 29.0 Å². The monoisotopic (exact) mass is 549 g/mol. The van der Waals surface area contributed by atoms with E-state index in [2.05, 4.69) is 15.1 Å². The molecule has 1 saturated carbocycles. The predicted molar refractivity (Wildman–Crippen MR) is 151 cm³/mol. The summed E-state index contributed by atoms with van der Waals surface area (Å²) < 4.78 is 12.5. The van der Waals surface area contributed by atoms with Gasteiger partial charge in [0.25, 0.3) is 5.91 Å². The molecule has 3 aliphatic heterocycles. The van der Waals surface area contributed by atoms with Crippen LogP contribution in [0.5, 0.6) is 5.75 Å². The Labute approximate surface area is 235 Å². The first-order valence-corrected chi connectivity index (χ1v) is 14.7. The van der Waals surface area contributed by atoms with Crippen molar-refractivity contribution < 1.29 is 14.3 Å². The number of hydrogen-bond donors (Lipinski definition) is 1. The van der Waals surface area contributed by atoms with Crippen molar-refractivity contribution in [1.82, 2.24) is 15.2 Å². The molecule has 9 heteroatoms. The number of rotatable bonds is 6. The number of fused-ring (bicyclic) bond motifs is 1. The number of carbonyl (C=O) groups excluding carboxylic acids is 1. The van der Waals surface area contributed by atoms with Gasteiger partial charge in [-0.1, -0.05) is 17.7 Å². The first-order valence-electron chi connectivity index (χ1n) is 14.3. The van der Waals surface area contributed by atoms with Crippen LogP contribution in [0.25, 0.3) is 4.85 Å². The van der Waals surface area contributed by atoms with Gasteiger partial charge in [-0.05, 0) is 88.7 Å². The number of carbonyl (C=O) groups is 1. The molecule has 2 saturated heterocycles. The van der Waals surface area contributed by atoms with E-state index in [9.17, 15) is 4.79 Å². The van der Waals surface area contributed by atoms with Gasteiger partial charge in [0.05, 0.1) is 47.7 Å². The van der Waals surface area contributed by atoms with Gasteiger partial charge in [-0.15, -0.1) is 0 Å². The van der Waals surface area contributed by atoms with Gasteiger partial charge in [0.2, 0.25) is 5.69 Å². The van der Waals surface area contributed by atoms with Gasteiger partial charge in [-0.2, -0.15) is 0 Å². The quantitative estimate of drug-likeness (QED) is 0.489. The Morgan fingerprint density at radius 3 is 2.41 bits per heavy atom. The Hall–Kier alpha value is -2.86. The van der Waals surface area contributed by atoms with E-state index in [4.69, 9.17) is 32.6 Å². The van der Waals surface area contributed by atoms with Crippen LogP contribution in [0.3, 0.4) is 0 Å². The third-order valence-corrected chi connectivity index (χ3v) is 8.94. The number of benzene rings is 1. The minimum absolute atomic E-state index is 0.0857. The molecule has 0 bridgehead atoms. The topological polar surface area (TPSA) is 71.3 Å². The Kier molecular flexibility index (Phi) is 7.92. The number of piperidine rings is 2. The van der Waals surface area contributed by atoms with Crippen molar-refractivity contribution in [1.29, 1.82) is 0 Å². The molecule has 3 fully saturated rings. The van der Waals surface area contributed by atoms with Crippen molar-refractivity contribution in [2.75, 3.05) is 31.1 Å². The standard InChI is InChI=1S/C30H36ClN5O3/c1-32-27-8-6-24(18-26(27)31)39-21-4-2-20(3-5-21)36-19-28-25(30(36)37)7-9-29(34-28)35-16-12-23(13-17-35)38-22-10-14-33-15-11-22/h6-9,18,20-23,33H,2-5,10-17,19H2. The summed E-state index contributed by atoms with van der Waals surface area (Å²) in [6.45, 7) is 11.7. The first-order chi connectivity index (χ1) is 19.1. The lowest BCUT2D eigenvalue weighted by Gasteiger charge is -2.35. The zero-order valence-corrected chi connectivity index (χ0v) is 23.0. The normalized spacial score (nSPS) is 24.5. The molecule has 1 aromatic carbocycles. The van der Waals surface area contributed by atoms with Crippen LogP contribution in [-0.4, -0.2) is 66.3 Å². The highest BCUT2D eigenvalue weighted by Crippen LogP contribution is 2.35. The number of halogens is 1. The Balaban J connectivity index is 1.01. The molecule has 1 aliphatic carbocycles. The third kappa shape index (κ3) is 5.86. The molecular formula is C30H36ClN5O3. The maximum absolute atomic E-state index is 13.3. The Morgan fingerprint density at radius 1 is 0.949 bits per heavy atom. The van der Waals surface area contributed by atoms with Crippen molar-refractivity contribution in [3.05, 3.63) is 58.0 Å². The number of nitrogens with one attached hydrogen (secondary N) is 1. The molecular weight excluding hydrogens is 514 g/mol. The summed E-state index contributed by atoms with van der Waals surface area (Å²) >= 11 is 6.17. The summed E-state index contributed by atoms with van der Waals surface area (Å²) in [5, 5.41) is 3.82. The lowest BCUT2D eigenvalue weighted by atomic mass is 9.92. The van der Waals surface area contributed by atoms with Gasteiger partial charge in [0.15, 0.2) is 0 Å². The predicted octanol–water partition coefficient (Wildman–Crippen LogP) is 5.37. The third-order valence-electron chi connectivity index (χ3n) is 8.63. The fourth-order valence-corrected chi connectivity index (χ4v) is 6.62. The van der Waals surface area contributed by atoms with Crippen molar-refractivity contribution in [3.63, 3.8) is 0 Å². The van der Waals surface area contributed by atoms with Crippen LogP contribution in [-0.2, 0) is 11.3 Å². The summed E-state index contributed by atoms with van der Waals surface area (Å²) in [5.74, 6) is 1.77. The van der Waals surface area contributed by atoms with Gasteiger partial charge in [-0.25, -0.2) is 9.83 Å². The van der Waals surface area contributed by atoms with Crippen LogP contribution in [0.2, 0.25) is 5.02 Å². The largest absolute Gasteiger partial charge is 0.490 e. The van der Waals surface area contributed by atoms with Gasteiger partial charge in [0, 0.05) is 19.1 Å². The van der Waals surface area contributed by atoms with Crippen molar-refractivity contribution in [3.8, 4) is 5.75 Å². The highest BCUT2D eigenvalue weighted by Gasteiger charge is 2.36. The average Bonchev–Trinajstić information content (AvgIpc) is 3.30. The van der Waals surface area contributed by atoms with Crippen LogP contribution in [0.4, 0.5) is 11.5 Å². The summed E-state index contributed by atoms with van der Waals surface area (Å²) in [7, 11) is 0. The zero-order chi connectivity index (χ0) is 26.8. The van der Waals surface area contributed by atoms with Crippen LogP contribution in [0, 0.1) is 6.57 Å². The summed E-state index contributed by atoms with van der Waals surface area (Å²) in [6.07, 6.45) is 8.63. The van der Waals surface area contributed by atoms with E-state index < -0.39 is 0 Å². The number of nitrogens with zero attached hydrogens (tertiary/aromatic N) is 4. The van der Waals surface area contributed by atoms with Gasteiger partial charge in [0.1, 0.15) is 11.6 Å². The van der Waals surface area contributed by atoms with Crippen LogP contribution < -0.4 is 15.0 Å². The molecule has 206 valence electrons. The molecule has 1 amide bonds. The van der Waals surface area contributed by atoms with Gasteiger partial charge in [-0.3, -0.25) is 4.79 Å². The number of aromatic nitrogens is 1. The maximum Gasteiger partial charge on any atom is 0.256 e. The molecule has 2 aromatic rings. The lowest BCUT2D eigenvalue weighted by molar-refractivity contribution is -0.0364. The highest BCUT2D eigenvalue weighted by molar-refractivity contribution is 6.33. The van der Waals surface area contributed by atoms with Gasteiger partial charge < -0.3 is 24.6 Å². The molecule has 0 radical (unpaired) electrons. The SMILES string of the molecule is [C-]#[N+]c1ccc(OC2CCC(N3Cc4nc(N5CCC(OC6CCNCC6)CC5)ccc4C3=O)CC2)cc1Cl. The van der Waals surface area contributed by atoms with E-state index in [0.29, 0.717) is 35.2 Å². The molecule has 8 nitrogen and oxygen atoms in total. The minimum Gasteiger partial charge on any atom is -0.490 e. The van der Waals surface area contributed by atoms with E-state index in [1.54, 1.807) is 18.2 Å². The van der Waals surface area contributed by atoms with E-state index in [-0.39, 0.29) is 18.1 Å². The molecule has 4 heterocycles. The number of hydrogen-bond acceptors (Lipinski definition) is 6. The second-order valence-electron chi connectivity index (χ2n) is 11.1. The number of ether oxygens (including phenoxy) is 2. The molecule has 4 aliphatic rings. The minimum atomic E-state index is 0.0857. The lowest BCUT2D eigenvalue weighted by Crippen LogP contribution is -2.41. The van der Waals surface area contributed by atoms with Crippen LogP contribution >= 0.6 is 11.6 Å². The summed E-state index contributed by atoms with van der Waals surface area (Å²) in [4.78, 5) is 26.0. The molecule has 0 atom stereocenters. The first kappa shape index (κ1) is 26.4. The molecule has 0 spiro atoms. The molecule has 1 aromatic heterocycles. The molecule has 39 heavy (non-hydrogen) atoms. The average molecular weight is 550 g/mol. The van der Waals surface area contributed by atoms with Gasteiger partial charge >= 0.3 is 0 Å².